The van der Waals surface area contributed by atoms with Crippen molar-refractivity contribution < 1.29 is 9.53 Å². The van der Waals surface area contributed by atoms with Crippen LogP contribution in [-0.4, -0.2) is 134 Å². The molecule has 7 rings (SSSR count). The number of ether oxygens (including phenoxy) is 1. The van der Waals surface area contributed by atoms with E-state index in [1.807, 2.05) is 35.2 Å². The van der Waals surface area contributed by atoms with Crippen molar-refractivity contribution >= 4 is 6.09 Å². The van der Waals surface area contributed by atoms with Crippen molar-refractivity contribution in [3.8, 4) is 0 Å². The Morgan fingerprint density at radius 2 is 1.24 bits per heavy atom. The zero-order chi connectivity index (χ0) is 28.6. The molecule has 4 aliphatic heterocycles. The number of hydrogen-bond acceptors (Lipinski definition) is 7. The third-order valence-corrected chi connectivity index (χ3v) is 10.3. The van der Waals surface area contributed by atoms with E-state index < -0.39 is 0 Å². The first-order valence-corrected chi connectivity index (χ1v) is 17.3. The number of likely N-dealkylation sites (tertiary alicyclic amines) is 2. The van der Waals surface area contributed by atoms with Crippen LogP contribution in [0.3, 0.4) is 0 Å². The van der Waals surface area contributed by atoms with Gasteiger partial charge in [-0.25, -0.2) is 4.79 Å². The molecule has 2 atom stereocenters. The molecule has 4 heterocycles. The van der Waals surface area contributed by atoms with Crippen molar-refractivity contribution in [2.45, 2.75) is 70.1 Å². The van der Waals surface area contributed by atoms with E-state index in [-0.39, 0.29) is 6.09 Å². The smallest absolute Gasteiger partial charge is 0.410 e. The number of benzene rings is 1. The number of carbonyl (C=O) groups excluding carboxylic acids is 1. The first-order valence-electron chi connectivity index (χ1n) is 17.3. The normalized spacial score (nSPS) is 28.6. The number of piperazine rings is 2. The molecule has 6 aliphatic rings. The maximum atomic E-state index is 12.3. The summed E-state index contributed by atoms with van der Waals surface area (Å²) in [5.41, 5.74) is 1.04. The quantitative estimate of drug-likeness (QED) is 0.505. The lowest BCUT2D eigenvalue weighted by molar-refractivity contribution is 0.0603. The molecule has 8 nitrogen and oxygen atoms in total. The third kappa shape index (κ3) is 9.39. The summed E-state index contributed by atoms with van der Waals surface area (Å²) in [6, 6.07) is 11.8. The molecule has 1 amide bonds. The van der Waals surface area contributed by atoms with E-state index in [0.29, 0.717) is 6.61 Å². The second-order valence-corrected chi connectivity index (χ2v) is 13.8. The molecule has 6 fully saturated rings. The van der Waals surface area contributed by atoms with Crippen molar-refractivity contribution in [2.75, 3.05) is 91.6 Å². The predicted octanol–water partition coefficient (Wildman–Crippen LogP) is 3.58. The number of amides is 1. The van der Waals surface area contributed by atoms with Crippen LogP contribution in [0, 0.1) is 11.8 Å². The summed E-state index contributed by atoms with van der Waals surface area (Å²) >= 11 is 0. The summed E-state index contributed by atoms with van der Waals surface area (Å²) in [7, 11) is 0. The Morgan fingerprint density at radius 1 is 0.690 bits per heavy atom. The minimum absolute atomic E-state index is 0.175. The highest BCUT2D eigenvalue weighted by atomic mass is 16.6. The zero-order valence-corrected chi connectivity index (χ0v) is 26.0. The number of nitrogens with one attached hydrogen (secondary N) is 1. The van der Waals surface area contributed by atoms with Crippen LogP contribution < -0.4 is 5.32 Å². The lowest BCUT2D eigenvalue weighted by atomic mass is 9.97. The lowest BCUT2D eigenvalue weighted by Crippen LogP contribution is -2.51. The molecule has 8 heteroatoms. The molecular weight excluding hydrogens is 524 g/mol. The molecular formula is C34H56N6O2. The van der Waals surface area contributed by atoms with E-state index in [1.54, 1.807) is 0 Å². The van der Waals surface area contributed by atoms with Crippen LogP contribution in [-0.2, 0) is 11.3 Å². The van der Waals surface area contributed by atoms with Gasteiger partial charge in [0, 0.05) is 90.6 Å². The van der Waals surface area contributed by atoms with Crippen molar-refractivity contribution in [3.63, 3.8) is 0 Å². The van der Waals surface area contributed by atoms with Crippen LogP contribution in [0.2, 0.25) is 0 Å². The molecule has 0 bridgehead atoms. The van der Waals surface area contributed by atoms with Crippen molar-refractivity contribution in [2.24, 2.45) is 11.8 Å². The minimum Gasteiger partial charge on any atom is -0.445 e. The third-order valence-electron chi connectivity index (χ3n) is 10.3. The van der Waals surface area contributed by atoms with E-state index in [0.717, 1.165) is 55.7 Å². The van der Waals surface area contributed by atoms with Gasteiger partial charge in [0.05, 0.1) is 0 Å². The first-order chi connectivity index (χ1) is 20.7. The Labute approximate surface area is 254 Å². The Balaban J connectivity index is 0.000000168. The molecule has 4 saturated heterocycles. The van der Waals surface area contributed by atoms with Crippen LogP contribution >= 0.6 is 0 Å². The lowest BCUT2D eigenvalue weighted by Gasteiger charge is -2.39. The Kier molecular flexibility index (Phi) is 11.1. The van der Waals surface area contributed by atoms with Gasteiger partial charge in [-0.2, -0.15) is 0 Å². The average molecular weight is 581 g/mol. The fourth-order valence-electron chi connectivity index (χ4n) is 7.58. The molecule has 0 aromatic heterocycles. The summed E-state index contributed by atoms with van der Waals surface area (Å²) in [5.74, 6) is 1.76. The Bertz CT molecular complexity index is 943. The topological polar surface area (TPSA) is 54.5 Å². The molecule has 1 aromatic carbocycles. The van der Waals surface area contributed by atoms with Gasteiger partial charge in [0.1, 0.15) is 6.61 Å². The number of hydrogen-bond donors (Lipinski definition) is 1. The monoisotopic (exact) mass is 580 g/mol. The summed E-state index contributed by atoms with van der Waals surface area (Å²) in [6.45, 7) is 16.7. The summed E-state index contributed by atoms with van der Waals surface area (Å²) in [5, 5.41) is 3.44. The largest absolute Gasteiger partial charge is 0.445 e. The van der Waals surface area contributed by atoms with Crippen LogP contribution in [0.1, 0.15) is 56.9 Å². The van der Waals surface area contributed by atoms with Crippen LogP contribution in [0.5, 0.6) is 0 Å². The highest BCUT2D eigenvalue weighted by molar-refractivity contribution is 5.67. The van der Waals surface area contributed by atoms with Gasteiger partial charge in [-0.15, -0.1) is 0 Å². The summed E-state index contributed by atoms with van der Waals surface area (Å²) in [4.78, 5) is 24.8. The molecule has 1 N–H and O–H groups in total. The second kappa shape index (κ2) is 15.3. The van der Waals surface area contributed by atoms with Gasteiger partial charge < -0.3 is 29.7 Å². The van der Waals surface area contributed by atoms with Crippen LogP contribution in [0.4, 0.5) is 4.79 Å². The van der Waals surface area contributed by atoms with Gasteiger partial charge in [-0.3, -0.25) is 4.90 Å². The fourth-order valence-corrected chi connectivity index (χ4v) is 7.58. The number of piperidine rings is 2. The molecule has 1 aromatic rings. The van der Waals surface area contributed by atoms with Crippen molar-refractivity contribution in [3.05, 3.63) is 35.9 Å². The standard InChI is InChI=1S/C21H31N3O2.C13H25N3/c25-21(26-17-18-5-2-1-3-6-18)23-13-11-22(12-14-23)15-19-7-4-10-24(16-19)20-8-9-20;1-2-12(10-15-8-5-14-6-9-15)11-16(7-1)13-3-4-13/h1-3,5-6,19-20H,4,7-17H2;12-14H,1-11H2/t19-;12-/m11/s1. The minimum atomic E-state index is -0.175. The fraction of sp³-hybridized carbons (Fsp3) is 0.794. The number of carbonyl (C=O) groups is 1. The number of rotatable bonds is 8. The van der Waals surface area contributed by atoms with Crippen molar-refractivity contribution in [1.82, 2.24) is 29.8 Å². The van der Waals surface area contributed by atoms with Crippen LogP contribution in [0.25, 0.3) is 0 Å². The highest BCUT2D eigenvalue weighted by Crippen LogP contribution is 2.32. The van der Waals surface area contributed by atoms with Gasteiger partial charge in [0.25, 0.3) is 0 Å². The van der Waals surface area contributed by atoms with Gasteiger partial charge >= 0.3 is 6.09 Å². The molecule has 0 spiro atoms. The zero-order valence-electron chi connectivity index (χ0n) is 26.0. The number of nitrogens with zero attached hydrogens (tertiary/aromatic N) is 5. The van der Waals surface area contributed by atoms with Crippen LogP contribution in [0.15, 0.2) is 30.3 Å². The molecule has 42 heavy (non-hydrogen) atoms. The van der Waals surface area contributed by atoms with Crippen molar-refractivity contribution in [1.29, 1.82) is 0 Å². The van der Waals surface area contributed by atoms with E-state index in [4.69, 9.17) is 4.74 Å². The second-order valence-electron chi connectivity index (χ2n) is 13.8. The Hall–Kier alpha value is -1.71. The SMILES string of the molecule is C1C[C@H](CN2CCNCC2)CN(C2CC2)C1.O=C(OCc1ccccc1)N1CCN(C[C@H]2CCCN(C3CC3)C2)CC1. The summed E-state index contributed by atoms with van der Waals surface area (Å²) in [6.07, 6.45) is 11.2. The van der Waals surface area contributed by atoms with Gasteiger partial charge in [-0.05, 0) is 81.9 Å². The van der Waals surface area contributed by atoms with E-state index in [9.17, 15) is 4.79 Å². The van der Waals surface area contributed by atoms with E-state index >= 15 is 0 Å². The van der Waals surface area contributed by atoms with Gasteiger partial charge in [0.2, 0.25) is 0 Å². The first kappa shape index (κ1) is 30.3. The highest BCUT2D eigenvalue weighted by Gasteiger charge is 2.34. The molecule has 2 aliphatic carbocycles. The maximum absolute atomic E-state index is 12.3. The Morgan fingerprint density at radius 3 is 1.79 bits per heavy atom. The molecule has 0 radical (unpaired) electrons. The average Bonchev–Trinajstić information content (AvgIpc) is 3.96. The van der Waals surface area contributed by atoms with Gasteiger partial charge in [0.15, 0.2) is 0 Å². The van der Waals surface area contributed by atoms with E-state index in [1.165, 1.54) is 117 Å². The summed E-state index contributed by atoms with van der Waals surface area (Å²) < 4.78 is 5.46. The molecule has 0 unspecified atom stereocenters. The maximum Gasteiger partial charge on any atom is 0.410 e. The molecule has 234 valence electrons. The van der Waals surface area contributed by atoms with Gasteiger partial charge in [-0.1, -0.05) is 30.3 Å². The van der Waals surface area contributed by atoms with E-state index in [2.05, 4.69) is 24.9 Å². The predicted molar refractivity (Wildman–Crippen MR) is 169 cm³/mol. The molecule has 2 saturated carbocycles.